The van der Waals surface area contributed by atoms with Crippen LogP contribution in [0.15, 0.2) is 22.9 Å². The van der Waals surface area contributed by atoms with E-state index in [4.69, 9.17) is 23.2 Å². The Morgan fingerprint density at radius 3 is 1.47 bits per heavy atom. The molecule has 0 aliphatic rings. The maximum absolute atomic E-state index is 6.12. The Bertz CT molecular complexity index is 673. The van der Waals surface area contributed by atoms with Gasteiger partial charge in [-0.15, -0.1) is 22.7 Å². The Kier molecular flexibility index (Phi) is 3.76. The molecule has 0 bridgehead atoms. The molecular formula is C14H10Cl2S3. The zero-order chi connectivity index (χ0) is 13.6. The van der Waals surface area contributed by atoms with Crippen molar-refractivity contribution < 1.29 is 0 Å². The average Bonchev–Trinajstić information content (AvgIpc) is 2.98. The van der Waals surface area contributed by atoms with Crippen LogP contribution in [-0.4, -0.2) is 0 Å². The lowest BCUT2D eigenvalue weighted by Crippen LogP contribution is -1.79. The van der Waals surface area contributed by atoms with Gasteiger partial charge in [0.25, 0.3) is 0 Å². The molecule has 98 valence electrons. The first kappa shape index (κ1) is 13.7. The molecule has 3 aromatic heterocycles. The molecule has 3 heterocycles. The molecular weight excluding hydrogens is 335 g/mol. The van der Waals surface area contributed by atoms with Gasteiger partial charge in [-0.05, 0) is 47.9 Å². The molecule has 5 heteroatoms. The maximum atomic E-state index is 6.12. The highest BCUT2D eigenvalue weighted by molar-refractivity contribution is 7.17. The fourth-order valence-electron chi connectivity index (χ4n) is 2.14. The third-order valence-corrected chi connectivity index (χ3v) is 6.12. The van der Waals surface area contributed by atoms with Gasteiger partial charge in [0.2, 0.25) is 0 Å². The lowest BCUT2D eigenvalue weighted by Gasteiger charge is -2.03. The molecule has 0 fully saturated rings. The number of hydrogen-bond acceptors (Lipinski definition) is 3. The maximum Gasteiger partial charge on any atom is 0.0937 e. The first-order chi connectivity index (χ1) is 9.06. The molecule has 0 atom stereocenters. The van der Waals surface area contributed by atoms with Crippen molar-refractivity contribution in [1.82, 2.24) is 0 Å². The van der Waals surface area contributed by atoms with Crippen molar-refractivity contribution in [3.8, 4) is 22.3 Å². The highest BCUT2D eigenvalue weighted by atomic mass is 35.5. The van der Waals surface area contributed by atoms with Gasteiger partial charge in [-0.3, -0.25) is 0 Å². The molecule has 0 saturated carbocycles. The predicted molar refractivity (Wildman–Crippen MR) is 90.4 cm³/mol. The zero-order valence-corrected chi connectivity index (χ0v) is 14.3. The second-order valence-electron chi connectivity index (χ2n) is 4.24. The monoisotopic (exact) mass is 344 g/mol. The van der Waals surface area contributed by atoms with Gasteiger partial charge in [-0.25, -0.2) is 0 Å². The summed E-state index contributed by atoms with van der Waals surface area (Å²) in [7, 11) is 0. The summed E-state index contributed by atoms with van der Waals surface area (Å²) in [6.07, 6.45) is 0. The Labute approximate surface area is 134 Å². The minimum Gasteiger partial charge on any atom is -0.151 e. The van der Waals surface area contributed by atoms with Gasteiger partial charge >= 0.3 is 0 Å². The van der Waals surface area contributed by atoms with E-state index >= 15 is 0 Å². The third kappa shape index (κ3) is 2.50. The Morgan fingerprint density at radius 2 is 1.16 bits per heavy atom. The van der Waals surface area contributed by atoms with Crippen molar-refractivity contribution in [3.63, 3.8) is 0 Å². The molecule has 0 aliphatic carbocycles. The topological polar surface area (TPSA) is 0 Å². The van der Waals surface area contributed by atoms with Gasteiger partial charge in [0.05, 0.1) is 8.67 Å². The quantitative estimate of drug-likeness (QED) is 0.463. The van der Waals surface area contributed by atoms with Crippen LogP contribution in [0.5, 0.6) is 0 Å². The Balaban J connectivity index is 2.18. The van der Waals surface area contributed by atoms with Crippen molar-refractivity contribution in [2.24, 2.45) is 0 Å². The first-order valence-electron chi connectivity index (χ1n) is 5.65. The fraction of sp³-hybridized carbons (Fsp3) is 0.143. The summed E-state index contributed by atoms with van der Waals surface area (Å²) in [5.41, 5.74) is 4.97. The molecule has 0 aliphatic heterocycles. The molecule has 19 heavy (non-hydrogen) atoms. The summed E-state index contributed by atoms with van der Waals surface area (Å²) in [6.45, 7) is 4.22. The highest BCUT2D eigenvalue weighted by Gasteiger charge is 2.16. The van der Waals surface area contributed by atoms with Crippen LogP contribution >= 0.6 is 57.2 Å². The largest absolute Gasteiger partial charge is 0.151 e. The van der Waals surface area contributed by atoms with Crippen LogP contribution in [0, 0.1) is 13.8 Å². The van der Waals surface area contributed by atoms with E-state index in [1.165, 1.54) is 32.0 Å². The van der Waals surface area contributed by atoms with E-state index in [1.807, 2.05) is 0 Å². The van der Waals surface area contributed by atoms with E-state index in [2.05, 4.69) is 36.7 Å². The van der Waals surface area contributed by atoms with Crippen LogP contribution < -0.4 is 0 Å². The van der Waals surface area contributed by atoms with Crippen LogP contribution in [-0.2, 0) is 0 Å². The van der Waals surface area contributed by atoms with Gasteiger partial charge in [0, 0.05) is 20.9 Å². The molecule has 0 nitrogen and oxygen atoms in total. The highest BCUT2D eigenvalue weighted by Crippen LogP contribution is 2.44. The lowest BCUT2D eigenvalue weighted by atomic mass is 10.0. The first-order valence-corrected chi connectivity index (χ1v) is 8.98. The molecule has 3 aromatic rings. The van der Waals surface area contributed by atoms with E-state index < -0.39 is 0 Å². The predicted octanol–water partition coefficient (Wildman–Crippen LogP) is 7.13. The lowest BCUT2D eigenvalue weighted by molar-refractivity contribution is 1.59. The summed E-state index contributed by atoms with van der Waals surface area (Å²) in [6, 6.07) is 4.10. The van der Waals surface area contributed by atoms with Gasteiger partial charge < -0.3 is 0 Å². The molecule has 3 rings (SSSR count). The number of halogens is 2. The number of aryl methyl sites for hydroxylation is 2. The van der Waals surface area contributed by atoms with Crippen molar-refractivity contribution in [2.75, 3.05) is 0 Å². The molecule has 0 N–H and O–H groups in total. The van der Waals surface area contributed by atoms with Crippen molar-refractivity contribution in [3.05, 3.63) is 41.3 Å². The zero-order valence-electron chi connectivity index (χ0n) is 10.3. The van der Waals surface area contributed by atoms with Gasteiger partial charge in [0.15, 0.2) is 0 Å². The second-order valence-corrected chi connectivity index (χ2v) is 8.76. The minimum absolute atomic E-state index is 0.838. The average molecular weight is 345 g/mol. The fourth-order valence-corrected chi connectivity index (χ4v) is 5.40. The van der Waals surface area contributed by atoms with Crippen molar-refractivity contribution in [1.29, 1.82) is 0 Å². The normalized spacial score (nSPS) is 11.2. The smallest absolute Gasteiger partial charge is 0.0937 e. The molecule has 0 unspecified atom stereocenters. The summed E-state index contributed by atoms with van der Waals surface area (Å²) >= 11 is 17.2. The Morgan fingerprint density at radius 1 is 0.737 bits per heavy atom. The van der Waals surface area contributed by atoms with Crippen LogP contribution in [0.3, 0.4) is 0 Å². The van der Waals surface area contributed by atoms with E-state index in [9.17, 15) is 0 Å². The summed E-state index contributed by atoms with van der Waals surface area (Å²) < 4.78 is 1.68. The summed E-state index contributed by atoms with van der Waals surface area (Å²) in [4.78, 5) is 2.51. The van der Waals surface area contributed by atoms with Gasteiger partial charge in [0.1, 0.15) is 0 Å². The number of thiophene rings is 3. The van der Waals surface area contributed by atoms with Crippen LogP contribution in [0.1, 0.15) is 9.75 Å². The molecule has 0 aromatic carbocycles. The molecule has 0 saturated heterocycles. The molecule has 0 radical (unpaired) electrons. The van der Waals surface area contributed by atoms with Crippen molar-refractivity contribution >= 4 is 57.2 Å². The standard InChI is InChI=1S/C14H10Cl2S3/c1-7-9(3-13(15)18-7)11-5-17-6-12(11)10-4-14(16)19-8(10)2/h3-6H,1-2H3. The van der Waals surface area contributed by atoms with Gasteiger partial charge in [-0.1, -0.05) is 23.2 Å². The Hall–Kier alpha value is -0.320. The van der Waals surface area contributed by atoms with Crippen LogP contribution in [0.4, 0.5) is 0 Å². The number of hydrogen-bond donors (Lipinski definition) is 0. The SMILES string of the molecule is Cc1sc(Cl)cc1-c1cscc1-c1cc(Cl)sc1C. The summed E-state index contributed by atoms with van der Waals surface area (Å²) in [5.74, 6) is 0. The minimum atomic E-state index is 0.838. The number of rotatable bonds is 2. The summed E-state index contributed by atoms with van der Waals surface area (Å²) in [5, 5.41) is 4.37. The molecule has 0 spiro atoms. The van der Waals surface area contributed by atoms with E-state index in [0.29, 0.717) is 0 Å². The van der Waals surface area contributed by atoms with Crippen LogP contribution in [0.2, 0.25) is 8.67 Å². The third-order valence-electron chi connectivity index (χ3n) is 3.02. The van der Waals surface area contributed by atoms with E-state index in [1.54, 1.807) is 34.0 Å². The van der Waals surface area contributed by atoms with Gasteiger partial charge in [-0.2, -0.15) is 11.3 Å². The second kappa shape index (κ2) is 5.23. The molecule has 0 amide bonds. The van der Waals surface area contributed by atoms with Crippen molar-refractivity contribution in [2.45, 2.75) is 13.8 Å². The van der Waals surface area contributed by atoms with Crippen LogP contribution in [0.25, 0.3) is 22.3 Å². The van der Waals surface area contributed by atoms with E-state index in [0.717, 1.165) is 8.67 Å². The van der Waals surface area contributed by atoms with E-state index in [-0.39, 0.29) is 0 Å².